The van der Waals surface area contributed by atoms with Crippen molar-refractivity contribution in [1.29, 1.82) is 0 Å². The van der Waals surface area contributed by atoms with Gasteiger partial charge in [-0.2, -0.15) is 0 Å². The average molecular weight is 320 g/mol. The molecule has 126 valence electrons. The fourth-order valence-electron chi connectivity index (χ4n) is 3.83. The average Bonchev–Trinajstić information content (AvgIpc) is 3.02. The SMILES string of the molecule is CN(C(=O)C1(O)CCCC1)C1CCN(c2ccc(F)cc2)CC1. The number of benzene rings is 1. The molecular weight excluding hydrogens is 295 g/mol. The normalized spacial score (nSPS) is 21.4. The van der Waals surface area contributed by atoms with Crippen molar-refractivity contribution in [2.24, 2.45) is 0 Å². The van der Waals surface area contributed by atoms with Crippen molar-refractivity contribution in [1.82, 2.24) is 4.90 Å². The van der Waals surface area contributed by atoms with E-state index in [1.807, 2.05) is 7.05 Å². The first-order valence-electron chi connectivity index (χ1n) is 8.50. The van der Waals surface area contributed by atoms with Crippen LogP contribution in [0.25, 0.3) is 0 Å². The Balaban J connectivity index is 1.58. The molecule has 1 N–H and O–H groups in total. The molecule has 1 saturated heterocycles. The molecule has 0 spiro atoms. The molecule has 0 bridgehead atoms. The number of piperidine rings is 1. The number of anilines is 1. The van der Waals surface area contributed by atoms with Crippen molar-refractivity contribution < 1.29 is 14.3 Å². The van der Waals surface area contributed by atoms with Crippen LogP contribution in [0.3, 0.4) is 0 Å². The molecule has 23 heavy (non-hydrogen) atoms. The van der Waals surface area contributed by atoms with E-state index in [0.717, 1.165) is 44.5 Å². The molecule has 1 saturated carbocycles. The number of carbonyl (C=O) groups excluding carboxylic acids is 1. The van der Waals surface area contributed by atoms with Gasteiger partial charge in [0.05, 0.1) is 0 Å². The molecule has 1 aliphatic carbocycles. The van der Waals surface area contributed by atoms with Gasteiger partial charge in [0.15, 0.2) is 0 Å². The fourth-order valence-corrected chi connectivity index (χ4v) is 3.83. The third-order valence-corrected chi connectivity index (χ3v) is 5.35. The Morgan fingerprint density at radius 3 is 2.35 bits per heavy atom. The van der Waals surface area contributed by atoms with Crippen molar-refractivity contribution in [2.45, 2.75) is 50.2 Å². The van der Waals surface area contributed by atoms with Gasteiger partial charge < -0.3 is 14.9 Å². The topological polar surface area (TPSA) is 43.8 Å². The van der Waals surface area contributed by atoms with E-state index in [-0.39, 0.29) is 17.8 Å². The minimum atomic E-state index is -1.14. The molecule has 0 aromatic heterocycles. The molecule has 1 amide bonds. The summed E-state index contributed by atoms with van der Waals surface area (Å²) in [5.41, 5.74) is -0.115. The molecule has 0 atom stereocenters. The van der Waals surface area contributed by atoms with Crippen LogP contribution in [0.2, 0.25) is 0 Å². The van der Waals surface area contributed by atoms with Crippen LogP contribution in [0.4, 0.5) is 10.1 Å². The summed E-state index contributed by atoms with van der Waals surface area (Å²) in [6.45, 7) is 1.68. The molecule has 1 aliphatic heterocycles. The summed E-state index contributed by atoms with van der Waals surface area (Å²) in [7, 11) is 1.82. The zero-order chi connectivity index (χ0) is 16.4. The highest BCUT2D eigenvalue weighted by atomic mass is 19.1. The summed E-state index contributed by atoms with van der Waals surface area (Å²) in [5, 5.41) is 10.5. The van der Waals surface area contributed by atoms with Gasteiger partial charge in [0.2, 0.25) is 0 Å². The van der Waals surface area contributed by atoms with Gasteiger partial charge in [-0.1, -0.05) is 0 Å². The lowest BCUT2D eigenvalue weighted by Gasteiger charge is -2.40. The van der Waals surface area contributed by atoms with E-state index in [0.29, 0.717) is 12.8 Å². The first-order valence-corrected chi connectivity index (χ1v) is 8.50. The van der Waals surface area contributed by atoms with Crippen LogP contribution < -0.4 is 4.90 Å². The molecule has 1 heterocycles. The first kappa shape index (κ1) is 16.2. The lowest BCUT2D eigenvalue weighted by Crippen LogP contribution is -2.52. The van der Waals surface area contributed by atoms with E-state index in [4.69, 9.17) is 0 Å². The first-order chi connectivity index (χ1) is 11.0. The Bertz CT molecular complexity index is 547. The molecule has 0 radical (unpaired) electrons. The van der Waals surface area contributed by atoms with Crippen LogP contribution in [0.5, 0.6) is 0 Å². The maximum absolute atomic E-state index is 13.0. The summed E-state index contributed by atoms with van der Waals surface area (Å²) in [4.78, 5) is 16.6. The van der Waals surface area contributed by atoms with Crippen molar-refractivity contribution >= 4 is 11.6 Å². The molecule has 2 aliphatic rings. The Morgan fingerprint density at radius 2 is 1.78 bits per heavy atom. The van der Waals surface area contributed by atoms with E-state index >= 15 is 0 Å². The monoisotopic (exact) mass is 320 g/mol. The minimum Gasteiger partial charge on any atom is -0.380 e. The van der Waals surface area contributed by atoms with Crippen molar-refractivity contribution in [3.8, 4) is 0 Å². The van der Waals surface area contributed by atoms with Gasteiger partial charge in [-0.25, -0.2) is 4.39 Å². The standard InChI is InChI=1S/C18H25FN2O2/c1-20(17(22)18(23)10-2-3-11-18)15-8-12-21(13-9-15)16-6-4-14(19)5-7-16/h4-7,15,23H,2-3,8-13H2,1H3. The predicted octanol–water partition coefficient (Wildman–Crippen LogP) is 2.56. The molecule has 1 aromatic carbocycles. The van der Waals surface area contributed by atoms with Crippen LogP contribution in [0, 0.1) is 5.82 Å². The van der Waals surface area contributed by atoms with Gasteiger partial charge >= 0.3 is 0 Å². The van der Waals surface area contributed by atoms with E-state index in [1.165, 1.54) is 12.1 Å². The highest BCUT2D eigenvalue weighted by molar-refractivity contribution is 5.85. The maximum Gasteiger partial charge on any atom is 0.254 e. The Kier molecular flexibility index (Phi) is 4.57. The molecule has 4 nitrogen and oxygen atoms in total. The summed E-state index contributed by atoms with van der Waals surface area (Å²) < 4.78 is 13.0. The molecular formula is C18H25FN2O2. The highest BCUT2D eigenvalue weighted by Crippen LogP contribution is 2.32. The second-order valence-electron chi connectivity index (χ2n) is 6.85. The molecule has 5 heteroatoms. The van der Waals surface area contributed by atoms with E-state index in [9.17, 15) is 14.3 Å². The number of aliphatic hydroxyl groups is 1. The minimum absolute atomic E-state index is 0.116. The van der Waals surface area contributed by atoms with Crippen LogP contribution in [-0.4, -0.2) is 47.7 Å². The van der Waals surface area contributed by atoms with Crippen LogP contribution >= 0.6 is 0 Å². The zero-order valence-electron chi connectivity index (χ0n) is 13.7. The highest BCUT2D eigenvalue weighted by Gasteiger charge is 2.42. The quantitative estimate of drug-likeness (QED) is 0.931. The second kappa shape index (κ2) is 6.48. The number of hydrogen-bond donors (Lipinski definition) is 1. The molecule has 3 rings (SSSR count). The van der Waals surface area contributed by atoms with Gasteiger partial charge in [0, 0.05) is 31.9 Å². The van der Waals surface area contributed by atoms with Crippen LogP contribution in [0.1, 0.15) is 38.5 Å². The van der Waals surface area contributed by atoms with Gasteiger partial charge in [-0.3, -0.25) is 4.79 Å². The van der Waals surface area contributed by atoms with E-state index in [1.54, 1.807) is 17.0 Å². The van der Waals surface area contributed by atoms with Crippen LogP contribution in [0.15, 0.2) is 24.3 Å². The lowest BCUT2D eigenvalue weighted by atomic mass is 9.97. The van der Waals surface area contributed by atoms with E-state index in [2.05, 4.69) is 4.90 Å². The number of carbonyl (C=O) groups is 1. The number of likely N-dealkylation sites (N-methyl/N-ethyl adjacent to an activating group) is 1. The Labute approximate surface area is 136 Å². The van der Waals surface area contributed by atoms with Gasteiger partial charge in [0.25, 0.3) is 5.91 Å². The number of hydrogen-bond acceptors (Lipinski definition) is 3. The Hall–Kier alpha value is -1.62. The van der Waals surface area contributed by atoms with Crippen LogP contribution in [-0.2, 0) is 4.79 Å². The number of rotatable bonds is 3. The van der Waals surface area contributed by atoms with Crippen molar-refractivity contribution in [3.05, 3.63) is 30.1 Å². The lowest BCUT2D eigenvalue weighted by molar-refractivity contribution is -0.151. The summed E-state index contributed by atoms with van der Waals surface area (Å²) >= 11 is 0. The second-order valence-corrected chi connectivity index (χ2v) is 6.85. The summed E-state index contributed by atoms with van der Waals surface area (Å²) in [6.07, 6.45) is 4.78. The van der Waals surface area contributed by atoms with Gasteiger partial charge in [-0.15, -0.1) is 0 Å². The molecule has 0 unspecified atom stereocenters. The molecule has 1 aromatic rings. The number of nitrogens with zero attached hydrogens (tertiary/aromatic N) is 2. The smallest absolute Gasteiger partial charge is 0.254 e. The van der Waals surface area contributed by atoms with E-state index < -0.39 is 5.60 Å². The third-order valence-electron chi connectivity index (χ3n) is 5.35. The van der Waals surface area contributed by atoms with Crippen molar-refractivity contribution in [2.75, 3.05) is 25.0 Å². The predicted molar refractivity (Wildman–Crippen MR) is 87.8 cm³/mol. The largest absolute Gasteiger partial charge is 0.380 e. The summed E-state index contributed by atoms with van der Waals surface area (Å²) in [5.74, 6) is -0.339. The number of amides is 1. The van der Waals surface area contributed by atoms with Gasteiger partial charge in [-0.05, 0) is 62.8 Å². The van der Waals surface area contributed by atoms with Crippen molar-refractivity contribution in [3.63, 3.8) is 0 Å². The third kappa shape index (κ3) is 3.34. The Morgan fingerprint density at radius 1 is 1.22 bits per heavy atom. The summed E-state index contributed by atoms with van der Waals surface area (Å²) in [6, 6.07) is 6.72. The zero-order valence-corrected chi connectivity index (χ0v) is 13.7. The van der Waals surface area contributed by atoms with Gasteiger partial charge in [0.1, 0.15) is 11.4 Å². The fraction of sp³-hybridized carbons (Fsp3) is 0.611. The number of halogens is 1. The molecule has 2 fully saturated rings. The maximum atomic E-state index is 13.0.